The lowest BCUT2D eigenvalue weighted by molar-refractivity contribution is -0.137. The standard InChI is InChI=1S/C18H15ClF3N5OS/c1-10-25-26-17(27(10)23)29-15(11-5-3-2-4-6-11)16(28)24-14-9-12(18(20,21)22)7-8-13(14)19/h2-9,15H,23H2,1H3,(H,24,28). The van der Waals surface area contributed by atoms with Crippen molar-refractivity contribution in [2.75, 3.05) is 11.2 Å². The molecule has 152 valence electrons. The average molecular weight is 442 g/mol. The number of nitrogens with zero attached hydrogens (tertiary/aromatic N) is 3. The van der Waals surface area contributed by atoms with Crippen LogP contribution in [0.4, 0.5) is 18.9 Å². The molecule has 0 radical (unpaired) electrons. The molecule has 1 unspecified atom stereocenters. The summed E-state index contributed by atoms with van der Waals surface area (Å²) in [6.45, 7) is 1.65. The number of thioether (sulfide) groups is 1. The van der Waals surface area contributed by atoms with E-state index in [0.29, 0.717) is 11.4 Å². The van der Waals surface area contributed by atoms with E-state index in [-0.39, 0.29) is 15.9 Å². The van der Waals surface area contributed by atoms with Crippen LogP contribution in [-0.2, 0) is 11.0 Å². The number of benzene rings is 2. The van der Waals surface area contributed by atoms with Gasteiger partial charge in [-0.3, -0.25) is 4.79 Å². The fraction of sp³-hybridized carbons (Fsp3) is 0.167. The van der Waals surface area contributed by atoms with Crippen LogP contribution < -0.4 is 11.2 Å². The third-order valence-electron chi connectivity index (χ3n) is 3.95. The number of halogens is 4. The molecule has 0 aliphatic carbocycles. The SMILES string of the molecule is Cc1nnc(SC(C(=O)Nc2cc(C(F)(F)F)ccc2Cl)c2ccccc2)n1N. The van der Waals surface area contributed by atoms with E-state index in [2.05, 4.69) is 15.5 Å². The van der Waals surface area contributed by atoms with Gasteiger partial charge in [0, 0.05) is 0 Å². The molecule has 3 rings (SSSR count). The molecular formula is C18H15ClF3N5OS. The van der Waals surface area contributed by atoms with Gasteiger partial charge in [-0.15, -0.1) is 10.2 Å². The smallest absolute Gasteiger partial charge is 0.336 e. The summed E-state index contributed by atoms with van der Waals surface area (Å²) in [5, 5.41) is 9.67. The molecule has 0 spiro atoms. The molecule has 0 saturated carbocycles. The number of nitrogen functional groups attached to an aromatic ring is 1. The normalized spacial score (nSPS) is 12.6. The summed E-state index contributed by atoms with van der Waals surface area (Å²) in [5.74, 6) is 5.73. The summed E-state index contributed by atoms with van der Waals surface area (Å²) in [6, 6.07) is 11.4. The van der Waals surface area contributed by atoms with E-state index in [1.165, 1.54) is 4.68 Å². The minimum atomic E-state index is -4.56. The second-order valence-electron chi connectivity index (χ2n) is 5.99. The lowest BCUT2D eigenvalue weighted by atomic mass is 10.1. The molecule has 11 heteroatoms. The highest BCUT2D eigenvalue weighted by Gasteiger charge is 2.32. The molecule has 0 fully saturated rings. The molecule has 0 bridgehead atoms. The van der Waals surface area contributed by atoms with Crippen LogP contribution >= 0.6 is 23.4 Å². The highest BCUT2D eigenvalue weighted by molar-refractivity contribution is 8.00. The van der Waals surface area contributed by atoms with Gasteiger partial charge in [-0.2, -0.15) is 13.2 Å². The number of rotatable bonds is 5. The maximum absolute atomic E-state index is 13.0. The fourth-order valence-corrected chi connectivity index (χ4v) is 3.60. The van der Waals surface area contributed by atoms with Crippen molar-refractivity contribution in [3.8, 4) is 0 Å². The first kappa shape index (κ1) is 21.0. The van der Waals surface area contributed by atoms with Gasteiger partial charge in [0.05, 0.1) is 16.3 Å². The van der Waals surface area contributed by atoms with Gasteiger partial charge in [0.25, 0.3) is 0 Å². The number of nitrogens with two attached hydrogens (primary N) is 1. The lowest BCUT2D eigenvalue weighted by Crippen LogP contribution is -2.21. The van der Waals surface area contributed by atoms with Crippen molar-refractivity contribution in [1.29, 1.82) is 0 Å². The number of aromatic nitrogens is 3. The van der Waals surface area contributed by atoms with Gasteiger partial charge in [-0.1, -0.05) is 53.7 Å². The van der Waals surface area contributed by atoms with Crippen LogP contribution in [0.15, 0.2) is 53.7 Å². The first-order chi connectivity index (χ1) is 13.7. The Bertz CT molecular complexity index is 1030. The van der Waals surface area contributed by atoms with E-state index >= 15 is 0 Å². The second-order valence-corrected chi connectivity index (χ2v) is 7.47. The first-order valence-corrected chi connectivity index (χ1v) is 9.49. The highest BCUT2D eigenvalue weighted by atomic mass is 35.5. The zero-order chi connectivity index (χ0) is 21.2. The summed E-state index contributed by atoms with van der Waals surface area (Å²) < 4.78 is 40.2. The maximum Gasteiger partial charge on any atom is 0.416 e. The Labute approximate surface area is 173 Å². The number of amides is 1. The van der Waals surface area contributed by atoms with E-state index in [0.717, 1.165) is 30.0 Å². The van der Waals surface area contributed by atoms with E-state index in [9.17, 15) is 18.0 Å². The number of aryl methyl sites for hydroxylation is 1. The van der Waals surface area contributed by atoms with Gasteiger partial charge in [0.1, 0.15) is 11.1 Å². The Morgan fingerprint density at radius 3 is 2.48 bits per heavy atom. The largest absolute Gasteiger partial charge is 0.416 e. The van der Waals surface area contributed by atoms with Crippen molar-refractivity contribution in [1.82, 2.24) is 14.9 Å². The van der Waals surface area contributed by atoms with Crippen LogP contribution in [0.3, 0.4) is 0 Å². The number of carbonyl (C=O) groups is 1. The molecule has 29 heavy (non-hydrogen) atoms. The van der Waals surface area contributed by atoms with Crippen LogP contribution in [0.25, 0.3) is 0 Å². The fourth-order valence-electron chi connectivity index (χ4n) is 2.43. The van der Waals surface area contributed by atoms with Gasteiger partial charge in [0.2, 0.25) is 11.1 Å². The van der Waals surface area contributed by atoms with Crippen LogP contribution in [0.5, 0.6) is 0 Å². The van der Waals surface area contributed by atoms with Gasteiger partial charge in [-0.25, -0.2) is 4.68 Å². The Hall–Kier alpha value is -2.72. The minimum Gasteiger partial charge on any atom is -0.336 e. The van der Waals surface area contributed by atoms with Crippen molar-refractivity contribution in [2.45, 2.75) is 23.5 Å². The van der Waals surface area contributed by atoms with Crippen molar-refractivity contribution in [3.05, 3.63) is 70.5 Å². The van der Waals surface area contributed by atoms with Crippen LogP contribution in [-0.4, -0.2) is 20.8 Å². The third-order valence-corrected chi connectivity index (χ3v) is 5.49. The maximum atomic E-state index is 13.0. The van der Waals surface area contributed by atoms with Crippen molar-refractivity contribution >= 4 is 35.0 Å². The molecule has 3 N–H and O–H groups in total. The zero-order valence-electron chi connectivity index (χ0n) is 14.9. The monoisotopic (exact) mass is 441 g/mol. The molecule has 1 heterocycles. The Morgan fingerprint density at radius 2 is 1.90 bits per heavy atom. The van der Waals surface area contributed by atoms with E-state index < -0.39 is 22.9 Å². The summed E-state index contributed by atoms with van der Waals surface area (Å²) >= 11 is 7.01. The quantitative estimate of drug-likeness (QED) is 0.451. The van der Waals surface area contributed by atoms with Crippen LogP contribution in [0, 0.1) is 6.92 Å². The molecule has 0 saturated heterocycles. The summed E-state index contributed by atoms with van der Waals surface area (Å²) in [6.07, 6.45) is -4.56. The van der Waals surface area contributed by atoms with Crippen molar-refractivity contribution in [3.63, 3.8) is 0 Å². The van der Waals surface area contributed by atoms with Gasteiger partial charge >= 0.3 is 6.18 Å². The number of hydrogen-bond acceptors (Lipinski definition) is 5. The number of nitrogens with one attached hydrogen (secondary N) is 1. The molecule has 0 aliphatic rings. The first-order valence-electron chi connectivity index (χ1n) is 8.23. The van der Waals surface area contributed by atoms with E-state index in [1.807, 2.05) is 0 Å². The Kier molecular flexibility index (Phi) is 6.04. The lowest BCUT2D eigenvalue weighted by Gasteiger charge is -2.18. The molecule has 1 aromatic heterocycles. The van der Waals surface area contributed by atoms with Gasteiger partial charge in [-0.05, 0) is 30.7 Å². The third kappa shape index (κ3) is 4.83. The molecule has 1 atom stereocenters. The number of carbonyl (C=O) groups excluding carboxylic acids is 1. The van der Waals surface area contributed by atoms with Gasteiger partial charge < -0.3 is 11.2 Å². The number of alkyl halides is 3. The topological polar surface area (TPSA) is 85.8 Å². The zero-order valence-corrected chi connectivity index (χ0v) is 16.5. The predicted octanol–water partition coefficient (Wildman–Crippen LogP) is 4.44. The van der Waals surface area contributed by atoms with Gasteiger partial charge in [0.15, 0.2) is 0 Å². The molecule has 2 aromatic carbocycles. The van der Waals surface area contributed by atoms with Crippen LogP contribution in [0.1, 0.15) is 22.2 Å². The van der Waals surface area contributed by atoms with Crippen molar-refractivity contribution in [2.24, 2.45) is 0 Å². The van der Waals surface area contributed by atoms with E-state index in [4.69, 9.17) is 17.4 Å². The minimum absolute atomic E-state index is 0.0130. The summed E-state index contributed by atoms with van der Waals surface area (Å²) in [7, 11) is 0. The molecule has 6 nitrogen and oxygen atoms in total. The summed E-state index contributed by atoms with van der Waals surface area (Å²) in [5.41, 5.74) is -0.449. The summed E-state index contributed by atoms with van der Waals surface area (Å²) in [4.78, 5) is 13.0. The average Bonchev–Trinajstić information content (AvgIpc) is 2.99. The van der Waals surface area contributed by atoms with E-state index in [1.54, 1.807) is 37.3 Å². The number of hydrogen-bond donors (Lipinski definition) is 2. The molecule has 3 aromatic rings. The second kappa shape index (κ2) is 8.34. The Morgan fingerprint density at radius 1 is 1.21 bits per heavy atom. The molecular weight excluding hydrogens is 427 g/mol. The Balaban J connectivity index is 1.92. The number of anilines is 1. The highest BCUT2D eigenvalue weighted by Crippen LogP contribution is 2.37. The molecule has 0 aliphatic heterocycles. The predicted molar refractivity (Wildman–Crippen MR) is 105 cm³/mol. The molecule has 1 amide bonds. The van der Waals surface area contributed by atoms with Crippen molar-refractivity contribution < 1.29 is 18.0 Å². The van der Waals surface area contributed by atoms with Crippen LogP contribution in [0.2, 0.25) is 5.02 Å².